The Hall–Kier alpha value is -2.38. The van der Waals surface area contributed by atoms with Gasteiger partial charge in [-0.1, -0.05) is 77.8 Å². The molecular weight excluding hydrogens is 304 g/mol. The van der Waals surface area contributed by atoms with Crippen LogP contribution >= 0.6 is 11.6 Å². The first kappa shape index (κ1) is 15.5. The Morgan fingerprint density at radius 2 is 1.52 bits per heavy atom. The highest BCUT2D eigenvalue weighted by Crippen LogP contribution is 2.23. The summed E-state index contributed by atoms with van der Waals surface area (Å²) in [6.07, 6.45) is 0.805. The number of ketones is 1. The van der Waals surface area contributed by atoms with E-state index in [2.05, 4.69) is 31.2 Å². The number of hydrogen-bond acceptors (Lipinski definition) is 1. The van der Waals surface area contributed by atoms with Crippen molar-refractivity contribution in [2.24, 2.45) is 0 Å². The average molecular weight is 321 g/mol. The van der Waals surface area contributed by atoms with Crippen LogP contribution in [-0.4, -0.2) is 5.78 Å². The van der Waals surface area contributed by atoms with E-state index in [4.69, 9.17) is 11.6 Å². The van der Waals surface area contributed by atoms with Gasteiger partial charge < -0.3 is 0 Å². The first-order valence-electron chi connectivity index (χ1n) is 7.57. The van der Waals surface area contributed by atoms with E-state index < -0.39 is 0 Å². The predicted octanol–water partition coefficient (Wildman–Crippen LogP) is 5.47. The largest absolute Gasteiger partial charge is 0.289 e. The van der Waals surface area contributed by atoms with Crippen molar-refractivity contribution in [1.29, 1.82) is 0 Å². The summed E-state index contributed by atoms with van der Waals surface area (Å²) in [6, 6.07) is 23.3. The maximum Gasteiger partial charge on any atom is 0.194 e. The molecule has 0 unspecified atom stereocenters. The Kier molecular flexibility index (Phi) is 4.59. The van der Waals surface area contributed by atoms with Crippen LogP contribution in [0.25, 0.3) is 0 Å². The molecule has 3 aromatic rings. The van der Waals surface area contributed by atoms with Crippen molar-refractivity contribution in [2.45, 2.75) is 13.3 Å². The van der Waals surface area contributed by atoms with Crippen molar-refractivity contribution >= 4 is 17.4 Å². The summed E-state index contributed by atoms with van der Waals surface area (Å²) in [6.45, 7) is 2.07. The number of hydrogen-bond donors (Lipinski definition) is 0. The standard InChI is InChI=1S/C21H17ClO/c1-15-7-9-16(10-8-15)13-17-11-12-19(20(22)14-17)21(23)18-5-3-2-4-6-18/h2-12,14H,13H2,1H3. The summed E-state index contributed by atoms with van der Waals surface area (Å²) >= 11 is 6.34. The van der Waals surface area contributed by atoms with Crippen LogP contribution in [0.3, 0.4) is 0 Å². The summed E-state index contributed by atoms with van der Waals surface area (Å²) in [7, 11) is 0. The lowest BCUT2D eigenvalue weighted by Crippen LogP contribution is -2.02. The SMILES string of the molecule is Cc1ccc(Cc2ccc(C(=O)c3ccccc3)c(Cl)c2)cc1. The van der Waals surface area contributed by atoms with Crippen molar-refractivity contribution in [2.75, 3.05) is 0 Å². The quantitative estimate of drug-likeness (QED) is 0.582. The number of carbonyl (C=O) groups excluding carboxylic acids is 1. The molecule has 0 saturated heterocycles. The third-order valence-corrected chi connectivity index (χ3v) is 4.16. The van der Waals surface area contributed by atoms with Crippen LogP contribution in [0.5, 0.6) is 0 Å². The Balaban J connectivity index is 1.83. The maximum atomic E-state index is 12.5. The number of halogens is 1. The third kappa shape index (κ3) is 3.69. The molecule has 0 bridgehead atoms. The highest BCUT2D eigenvalue weighted by molar-refractivity contribution is 6.35. The fourth-order valence-corrected chi connectivity index (χ4v) is 2.83. The Bertz CT molecular complexity index is 820. The molecule has 0 N–H and O–H groups in total. The van der Waals surface area contributed by atoms with Gasteiger partial charge in [0.1, 0.15) is 0 Å². The molecule has 0 fully saturated rings. The smallest absolute Gasteiger partial charge is 0.194 e. The summed E-state index contributed by atoms with van der Waals surface area (Å²) < 4.78 is 0. The number of aryl methyl sites for hydroxylation is 1. The van der Waals surface area contributed by atoms with Gasteiger partial charge >= 0.3 is 0 Å². The molecule has 0 radical (unpaired) electrons. The average Bonchev–Trinajstić information content (AvgIpc) is 2.57. The Morgan fingerprint density at radius 3 is 2.17 bits per heavy atom. The van der Waals surface area contributed by atoms with Gasteiger partial charge in [0.2, 0.25) is 0 Å². The van der Waals surface area contributed by atoms with E-state index in [0.29, 0.717) is 16.1 Å². The molecule has 0 atom stereocenters. The molecule has 1 nitrogen and oxygen atoms in total. The van der Waals surface area contributed by atoms with Crippen molar-refractivity contribution in [3.8, 4) is 0 Å². The first-order chi connectivity index (χ1) is 11.1. The van der Waals surface area contributed by atoms with E-state index in [9.17, 15) is 4.79 Å². The normalized spacial score (nSPS) is 10.5. The van der Waals surface area contributed by atoms with Crippen molar-refractivity contribution in [3.63, 3.8) is 0 Å². The fourth-order valence-electron chi connectivity index (χ4n) is 2.54. The second-order valence-corrected chi connectivity index (χ2v) is 6.08. The minimum atomic E-state index is -0.0440. The van der Waals surface area contributed by atoms with Gasteiger partial charge in [-0.05, 0) is 36.6 Å². The number of rotatable bonds is 4. The molecule has 0 saturated carbocycles. The molecule has 0 aliphatic heterocycles. The molecule has 0 spiro atoms. The molecule has 23 heavy (non-hydrogen) atoms. The summed E-state index contributed by atoms with van der Waals surface area (Å²) in [5.41, 5.74) is 4.78. The van der Waals surface area contributed by atoms with Crippen LogP contribution in [0.2, 0.25) is 5.02 Å². The molecule has 0 aliphatic rings. The molecule has 3 rings (SSSR count). The number of carbonyl (C=O) groups is 1. The summed E-state index contributed by atoms with van der Waals surface area (Å²) in [5, 5.41) is 0.503. The Morgan fingerprint density at radius 1 is 0.870 bits per heavy atom. The summed E-state index contributed by atoms with van der Waals surface area (Å²) in [5.74, 6) is -0.0440. The van der Waals surface area contributed by atoms with Gasteiger partial charge in [0.05, 0.1) is 5.02 Å². The van der Waals surface area contributed by atoms with Crippen LogP contribution in [0.15, 0.2) is 72.8 Å². The van der Waals surface area contributed by atoms with Gasteiger partial charge in [0.25, 0.3) is 0 Å². The zero-order chi connectivity index (χ0) is 16.2. The van der Waals surface area contributed by atoms with Crippen LogP contribution in [0.1, 0.15) is 32.6 Å². The second kappa shape index (κ2) is 6.80. The molecule has 0 aliphatic carbocycles. The molecular formula is C21H17ClO. The van der Waals surface area contributed by atoms with Gasteiger partial charge in [-0.15, -0.1) is 0 Å². The predicted molar refractivity (Wildman–Crippen MR) is 95.3 cm³/mol. The van der Waals surface area contributed by atoms with Gasteiger partial charge in [-0.25, -0.2) is 0 Å². The molecule has 114 valence electrons. The zero-order valence-electron chi connectivity index (χ0n) is 12.9. The van der Waals surface area contributed by atoms with Crippen LogP contribution < -0.4 is 0 Å². The van der Waals surface area contributed by atoms with E-state index in [0.717, 1.165) is 12.0 Å². The Labute approximate surface area is 141 Å². The van der Waals surface area contributed by atoms with Gasteiger partial charge in [-0.2, -0.15) is 0 Å². The minimum absolute atomic E-state index is 0.0440. The van der Waals surface area contributed by atoms with Crippen molar-refractivity contribution in [1.82, 2.24) is 0 Å². The van der Waals surface area contributed by atoms with Gasteiger partial charge in [0.15, 0.2) is 5.78 Å². The highest BCUT2D eigenvalue weighted by atomic mass is 35.5. The second-order valence-electron chi connectivity index (χ2n) is 5.67. The monoisotopic (exact) mass is 320 g/mol. The fraction of sp³-hybridized carbons (Fsp3) is 0.0952. The van der Waals surface area contributed by atoms with E-state index in [1.165, 1.54) is 11.1 Å². The third-order valence-electron chi connectivity index (χ3n) is 3.84. The highest BCUT2D eigenvalue weighted by Gasteiger charge is 2.13. The van der Waals surface area contributed by atoms with E-state index in [1.807, 2.05) is 36.4 Å². The lowest BCUT2D eigenvalue weighted by Gasteiger charge is -2.07. The molecule has 0 aromatic heterocycles. The first-order valence-corrected chi connectivity index (χ1v) is 7.95. The molecule has 3 aromatic carbocycles. The van der Waals surface area contributed by atoms with Crippen LogP contribution in [0.4, 0.5) is 0 Å². The van der Waals surface area contributed by atoms with E-state index in [1.54, 1.807) is 12.1 Å². The van der Waals surface area contributed by atoms with Gasteiger partial charge in [0, 0.05) is 11.1 Å². The van der Waals surface area contributed by atoms with Crippen LogP contribution in [-0.2, 0) is 6.42 Å². The molecule has 2 heteroatoms. The lowest BCUT2D eigenvalue weighted by molar-refractivity contribution is 0.103. The summed E-state index contributed by atoms with van der Waals surface area (Å²) in [4.78, 5) is 12.5. The number of benzene rings is 3. The van der Waals surface area contributed by atoms with Crippen molar-refractivity contribution < 1.29 is 4.79 Å². The minimum Gasteiger partial charge on any atom is -0.289 e. The topological polar surface area (TPSA) is 17.1 Å². The zero-order valence-corrected chi connectivity index (χ0v) is 13.7. The van der Waals surface area contributed by atoms with E-state index >= 15 is 0 Å². The van der Waals surface area contributed by atoms with Gasteiger partial charge in [-0.3, -0.25) is 4.79 Å². The molecule has 0 amide bonds. The van der Waals surface area contributed by atoms with E-state index in [-0.39, 0.29) is 5.78 Å². The lowest BCUT2D eigenvalue weighted by atomic mass is 9.99. The van der Waals surface area contributed by atoms with Crippen molar-refractivity contribution in [3.05, 3.63) is 106 Å². The van der Waals surface area contributed by atoms with Crippen LogP contribution in [0, 0.1) is 6.92 Å². The molecule has 0 heterocycles. The maximum absolute atomic E-state index is 12.5.